The maximum absolute atomic E-state index is 11.9. The van der Waals surface area contributed by atoms with Gasteiger partial charge in [-0.05, 0) is 30.3 Å². The number of amides is 1. The summed E-state index contributed by atoms with van der Waals surface area (Å²) < 4.78 is 1.82. The molecule has 5 heteroatoms. The Kier molecular flexibility index (Phi) is 4.95. The minimum Gasteiger partial charge on any atom is -0.342 e. The minimum atomic E-state index is -0.237. The van der Waals surface area contributed by atoms with Gasteiger partial charge in [0.25, 0.3) is 0 Å². The number of hydrogen-bond donors (Lipinski definition) is 1. The zero-order valence-corrected chi connectivity index (χ0v) is 13.5. The number of aromatic nitrogens is 2. The first-order valence-corrected chi connectivity index (χ1v) is 7.74. The molecule has 0 saturated heterocycles. The summed E-state index contributed by atoms with van der Waals surface area (Å²) in [6.45, 7) is 0.277. The van der Waals surface area contributed by atoms with Gasteiger partial charge in [0.2, 0.25) is 5.91 Å². The Morgan fingerprint density at radius 1 is 1.21 bits per heavy atom. The second kappa shape index (κ2) is 7.49. The van der Waals surface area contributed by atoms with Gasteiger partial charge in [0.1, 0.15) is 5.65 Å². The van der Waals surface area contributed by atoms with Gasteiger partial charge in [-0.2, -0.15) is 0 Å². The number of nitrogens with zero attached hydrogens (tertiary/aromatic N) is 2. The Morgan fingerprint density at radius 3 is 2.83 bits per heavy atom. The van der Waals surface area contributed by atoms with Crippen LogP contribution in [0.4, 0.5) is 0 Å². The lowest BCUT2D eigenvalue weighted by Gasteiger charge is -1.97. The Morgan fingerprint density at radius 2 is 2.00 bits per heavy atom. The zero-order valence-electron chi connectivity index (χ0n) is 12.7. The van der Waals surface area contributed by atoms with Gasteiger partial charge in [-0.15, -0.1) is 0 Å². The van der Waals surface area contributed by atoms with Crippen LogP contribution in [0.25, 0.3) is 11.7 Å². The van der Waals surface area contributed by atoms with Gasteiger partial charge < -0.3 is 5.32 Å². The fraction of sp³-hybridized carbons (Fsp3) is 0.0526. The zero-order chi connectivity index (χ0) is 16.8. The summed E-state index contributed by atoms with van der Waals surface area (Å²) in [4.78, 5) is 16.1. The van der Waals surface area contributed by atoms with Crippen LogP contribution in [0.1, 0.15) is 11.3 Å². The molecule has 0 unspecified atom stereocenters. The highest BCUT2D eigenvalue weighted by atomic mass is 35.5. The molecule has 0 spiro atoms. The first kappa shape index (κ1) is 15.9. The van der Waals surface area contributed by atoms with Crippen molar-refractivity contribution in [2.75, 3.05) is 6.54 Å². The predicted molar refractivity (Wildman–Crippen MR) is 95.6 cm³/mol. The van der Waals surface area contributed by atoms with Crippen LogP contribution < -0.4 is 5.32 Å². The Balaban J connectivity index is 1.61. The number of fused-ring (bicyclic) bond motifs is 1. The Hall–Kier alpha value is -3.03. The highest BCUT2D eigenvalue weighted by Gasteiger charge is 2.06. The van der Waals surface area contributed by atoms with Crippen molar-refractivity contribution in [3.8, 4) is 11.8 Å². The summed E-state index contributed by atoms with van der Waals surface area (Å²) in [5, 5.41) is 3.07. The van der Waals surface area contributed by atoms with Gasteiger partial charge in [0.15, 0.2) is 5.15 Å². The first-order chi connectivity index (χ1) is 11.7. The van der Waals surface area contributed by atoms with E-state index in [4.69, 9.17) is 11.6 Å². The van der Waals surface area contributed by atoms with E-state index in [0.29, 0.717) is 10.8 Å². The van der Waals surface area contributed by atoms with Crippen LogP contribution in [0.3, 0.4) is 0 Å². The molecule has 0 aliphatic carbocycles. The second-order valence-corrected chi connectivity index (χ2v) is 5.29. The van der Waals surface area contributed by atoms with Crippen LogP contribution in [0.2, 0.25) is 5.15 Å². The topological polar surface area (TPSA) is 46.4 Å². The highest BCUT2D eigenvalue weighted by Crippen LogP contribution is 2.18. The summed E-state index contributed by atoms with van der Waals surface area (Å²) in [7, 11) is 0. The van der Waals surface area contributed by atoms with Crippen molar-refractivity contribution < 1.29 is 4.79 Å². The molecular weight excluding hydrogens is 322 g/mol. The molecule has 0 radical (unpaired) electrons. The van der Waals surface area contributed by atoms with Gasteiger partial charge in [-0.3, -0.25) is 9.20 Å². The average molecular weight is 336 g/mol. The number of imidazole rings is 1. The van der Waals surface area contributed by atoms with E-state index >= 15 is 0 Å². The molecule has 24 heavy (non-hydrogen) atoms. The normalized spacial score (nSPS) is 10.5. The van der Waals surface area contributed by atoms with E-state index in [2.05, 4.69) is 22.1 Å². The van der Waals surface area contributed by atoms with Crippen LogP contribution in [0, 0.1) is 11.8 Å². The number of carbonyl (C=O) groups excluding carboxylic acids is 1. The molecule has 0 fully saturated rings. The number of halogens is 1. The summed E-state index contributed by atoms with van der Waals surface area (Å²) in [6.07, 6.45) is 4.91. The molecule has 1 amide bonds. The van der Waals surface area contributed by atoms with Gasteiger partial charge >= 0.3 is 0 Å². The molecule has 4 nitrogen and oxygen atoms in total. The maximum Gasteiger partial charge on any atom is 0.244 e. The third-order valence-corrected chi connectivity index (χ3v) is 3.55. The third-order valence-electron chi connectivity index (χ3n) is 3.27. The first-order valence-electron chi connectivity index (χ1n) is 7.36. The van der Waals surface area contributed by atoms with Crippen molar-refractivity contribution in [3.63, 3.8) is 0 Å². The van der Waals surface area contributed by atoms with Gasteiger partial charge in [0.05, 0.1) is 12.2 Å². The Bertz CT molecular complexity index is 949. The van der Waals surface area contributed by atoms with Crippen LogP contribution in [0.15, 0.2) is 60.8 Å². The summed E-state index contributed by atoms with van der Waals surface area (Å²) in [6, 6.07) is 15.2. The molecule has 2 aromatic heterocycles. The predicted octanol–water partition coefficient (Wildman–Crippen LogP) is 3.17. The molecule has 2 heterocycles. The van der Waals surface area contributed by atoms with Crippen LogP contribution in [0.5, 0.6) is 0 Å². The molecule has 1 N–H and O–H groups in total. The fourth-order valence-corrected chi connectivity index (χ4v) is 2.39. The van der Waals surface area contributed by atoms with Crippen molar-refractivity contribution in [1.29, 1.82) is 0 Å². The maximum atomic E-state index is 11.9. The number of pyridine rings is 1. The van der Waals surface area contributed by atoms with Crippen LogP contribution in [-0.4, -0.2) is 21.8 Å². The number of rotatable bonds is 3. The molecule has 0 aliphatic rings. The van der Waals surface area contributed by atoms with E-state index in [1.807, 2.05) is 59.1 Å². The number of hydrogen-bond acceptors (Lipinski definition) is 2. The highest BCUT2D eigenvalue weighted by molar-refractivity contribution is 6.31. The lowest BCUT2D eigenvalue weighted by Crippen LogP contribution is -2.20. The van der Waals surface area contributed by atoms with Crippen LogP contribution >= 0.6 is 11.6 Å². The van der Waals surface area contributed by atoms with Crippen molar-refractivity contribution in [3.05, 3.63) is 77.2 Å². The standard InChI is InChI=1S/C19H14ClN3O/c20-19-16(23-14-5-4-10-17(23)22-19)11-12-18(24)21-13-6-9-15-7-2-1-3-8-15/h1-5,7-8,10-12,14H,13H2,(H,21,24)/b12-11+. The Labute approximate surface area is 144 Å². The third kappa shape index (κ3) is 3.83. The van der Waals surface area contributed by atoms with E-state index < -0.39 is 0 Å². The van der Waals surface area contributed by atoms with Crippen molar-refractivity contribution in [2.45, 2.75) is 0 Å². The number of carbonyl (C=O) groups is 1. The van der Waals surface area contributed by atoms with E-state index in [-0.39, 0.29) is 12.5 Å². The second-order valence-electron chi connectivity index (χ2n) is 4.94. The summed E-state index contributed by atoms with van der Waals surface area (Å²) in [5.74, 6) is 5.65. The average Bonchev–Trinajstić information content (AvgIpc) is 2.93. The fourth-order valence-electron chi connectivity index (χ4n) is 2.15. The minimum absolute atomic E-state index is 0.237. The number of nitrogens with one attached hydrogen (secondary N) is 1. The van der Waals surface area contributed by atoms with E-state index in [9.17, 15) is 4.79 Å². The lowest BCUT2D eigenvalue weighted by atomic mass is 10.2. The molecule has 0 aliphatic heterocycles. The summed E-state index contributed by atoms with van der Waals surface area (Å²) in [5.41, 5.74) is 2.31. The largest absolute Gasteiger partial charge is 0.342 e. The molecular formula is C19H14ClN3O. The molecule has 118 valence electrons. The molecule has 3 aromatic rings. The molecule has 0 bridgehead atoms. The van der Waals surface area contributed by atoms with Gasteiger partial charge in [-0.1, -0.05) is 47.7 Å². The molecule has 0 saturated carbocycles. The molecule has 3 rings (SSSR count). The summed E-state index contributed by atoms with van der Waals surface area (Å²) >= 11 is 6.11. The van der Waals surface area contributed by atoms with Crippen molar-refractivity contribution in [1.82, 2.24) is 14.7 Å². The van der Waals surface area contributed by atoms with Gasteiger partial charge in [-0.25, -0.2) is 4.98 Å². The quantitative estimate of drug-likeness (QED) is 0.590. The van der Waals surface area contributed by atoms with Crippen molar-refractivity contribution >= 4 is 29.2 Å². The molecule has 1 aromatic carbocycles. The molecule has 0 atom stereocenters. The van der Waals surface area contributed by atoms with Gasteiger partial charge in [0, 0.05) is 17.8 Å². The SMILES string of the molecule is O=C(/C=C/c1c(Cl)nc2ccccn12)NCC#Cc1ccccc1. The monoisotopic (exact) mass is 335 g/mol. The smallest absolute Gasteiger partial charge is 0.244 e. The van der Waals surface area contributed by atoms with Crippen LogP contribution in [-0.2, 0) is 4.79 Å². The van der Waals surface area contributed by atoms with Crippen molar-refractivity contribution in [2.24, 2.45) is 0 Å². The lowest BCUT2D eigenvalue weighted by molar-refractivity contribution is -0.116. The number of benzene rings is 1. The van der Waals surface area contributed by atoms with E-state index in [1.165, 1.54) is 6.08 Å². The van der Waals surface area contributed by atoms with E-state index in [0.717, 1.165) is 11.2 Å². The van der Waals surface area contributed by atoms with E-state index in [1.54, 1.807) is 6.08 Å².